The highest BCUT2D eigenvalue weighted by atomic mass is 16.3. The first-order valence-corrected chi connectivity index (χ1v) is 16.9. The van der Waals surface area contributed by atoms with Crippen LogP contribution in [0.15, 0.2) is 60.2 Å². The number of hydrogen-bond donors (Lipinski definition) is 3. The number of aliphatic hydroxyl groups is 1. The summed E-state index contributed by atoms with van der Waals surface area (Å²) >= 11 is 0. The number of carbonyl (C=O) groups excluding carboxylic acids is 2. The third-order valence-corrected chi connectivity index (χ3v) is 9.97. The number of fused-ring (bicyclic) bond motifs is 3. The number of hydrogen-bond acceptors (Lipinski definition) is 9. The van der Waals surface area contributed by atoms with Crippen molar-refractivity contribution < 1.29 is 14.7 Å². The summed E-state index contributed by atoms with van der Waals surface area (Å²) in [5.74, 6) is -0.0647. The summed E-state index contributed by atoms with van der Waals surface area (Å²) in [6, 6.07) is 9.29. The van der Waals surface area contributed by atoms with Crippen LogP contribution in [0.2, 0.25) is 0 Å². The summed E-state index contributed by atoms with van der Waals surface area (Å²) in [5.41, 5.74) is 6.35. The van der Waals surface area contributed by atoms with Gasteiger partial charge in [0.05, 0.1) is 23.7 Å². The topological polar surface area (TPSA) is 141 Å². The van der Waals surface area contributed by atoms with Crippen molar-refractivity contribution in [2.45, 2.75) is 39.8 Å². The van der Waals surface area contributed by atoms with Crippen LogP contribution >= 0.6 is 0 Å². The molecule has 3 N–H and O–H groups in total. The molecule has 7 rings (SSSR count). The van der Waals surface area contributed by atoms with E-state index in [1.54, 1.807) is 36.5 Å². The number of likely N-dealkylation sites (N-methyl/N-ethyl adjacent to an activating group) is 1. The van der Waals surface area contributed by atoms with Gasteiger partial charge in [-0.25, -0.2) is 9.97 Å². The van der Waals surface area contributed by atoms with Crippen molar-refractivity contribution in [3.8, 4) is 11.3 Å². The second kappa shape index (κ2) is 12.9. The molecule has 3 aromatic heterocycles. The van der Waals surface area contributed by atoms with Gasteiger partial charge in [-0.1, -0.05) is 20.4 Å². The van der Waals surface area contributed by atoms with E-state index in [1.807, 2.05) is 18.2 Å². The predicted octanol–water partition coefficient (Wildman–Crippen LogP) is 3.54. The van der Waals surface area contributed by atoms with E-state index in [0.717, 1.165) is 44.7 Å². The van der Waals surface area contributed by atoms with Crippen LogP contribution in [0.3, 0.4) is 0 Å². The minimum Gasteiger partial charge on any atom is -0.392 e. The number of aliphatic hydroxyl groups excluding tert-OH is 1. The van der Waals surface area contributed by atoms with E-state index in [0.29, 0.717) is 52.8 Å². The number of pyridine rings is 1. The summed E-state index contributed by atoms with van der Waals surface area (Å²) in [6.45, 7) is 12.2. The minimum absolute atomic E-state index is 0.0601. The molecule has 0 unspecified atom stereocenters. The number of rotatable bonds is 8. The molecule has 0 bridgehead atoms. The molecular formula is C37H43N9O4. The first kappa shape index (κ1) is 33.2. The van der Waals surface area contributed by atoms with Crippen LogP contribution in [0.5, 0.6) is 0 Å². The maximum Gasteiger partial charge on any atom is 0.293 e. The van der Waals surface area contributed by atoms with Crippen LogP contribution in [0.1, 0.15) is 41.2 Å². The highest BCUT2D eigenvalue weighted by molar-refractivity contribution is 6.06. The van der Waals surface area contributed by atoms with Gasteiger partial charge in [0.25, 0.3) is 11.5 Å². The number of nitrogens with zero attached hydrogens (tertiary/aromatic N) is 7. The first-order valence-electron chi connectivity index (χ1n) is 16.9. The number of anilines is 5. The molecule has 13 heteroatoms. The van der Waals surface area contributed by atoms with E-state index in [4.69, 9.17) is 4.98 Å². The Morgan fingerprint density at radius 1 is 1.04 bits per heavy atom. The van der Waals surface area contributed by atoms with Crippen LogP contribution in [0.4, 0.5) is 28.7 Å². The molecule has 0 atom stereocenters. The lowest BCUT2D eigenvalue weighted by Crippen LogP contribution is -2.44. The lowest BCUT2D eigenvalue weighted by molar-refractivity contribution is -0.111. The number of carbonyl (C=O) groups is 2. The smallest absolute Gasteiger partial charge is 0.293 e. The van der Waals surface area contributed by atoms with E-state index >= 15 is 0 Å². The maximum absolute atomic E-state index is 13.9. The van der Waals surface area contributed by atoms with Gasteiger partial charge in [0.15, 0.2) is 5.82 Å². The van der Waals surface area contributed by atoms with Gasteiger partial charge in [-0.3, -0.25) is 19.3 Å². The Morgan fingerprint density at radius 2 is 1.82 bits per heavy atom. The Hall–Kier alpha value is -5.27. The highest BCUT2D eigenvalue weighted by Gasteiger charge is 2.37. The summed E-state index contributed by atoms with van der Waals surface area (Å²) < 4.78 is 3.57. The fraction of sp³-hybridized carbons (Fsp3) is 0.378. The number of nitrogens with one attached hydrogen (secondary N) is 2. The van der Waals surface area contributed by atoms with Gasteiger partial charge in [-0.2, -0.15) is 0 Å². The van der Waals surface area contributed by atoms with Gasteiger partial charge in [-0.15, -0.1) is 0 Å². The Morgan fingerprint density at radius 3 is 2.56 bits per heavy atom. The Balaban J connectivity index is 1.20. The molecule has 2 amide bonds. The Bertz CT molecular complexity index is 2070. The maximum atomic E-state index is 13.9. The van der Waals surface area contributed by atoms with Crippen LogP contribution in [-0.4, -0.2) is 80.7 Å². The second-order valence-electron chi connectivity index (χ2n) is 14.2. The third kappa shape index (κ3) is 6.07. The van der Waals surface area contributed by atoms with Crippen LogP contribution in [0.25, 0.3) is 11.3 Å². The molecular weight excluding hydrogens is 634 g/mol. The largest absolute Gasteiger partial charge is 0.392 e. The van der Waals surface area contributed by atoms with Crippen LogP contribution < -0.4 is 26.0 Å². The molecule has 260 valence electrons. The van der Waals surface area contributed by atoms with Gasteiger partial charge in [-0.05, 0) is 67.3 Å². The average Bonchev–Trinajstić information content (AvgIpc) is 3.59. The molecule has 1 aromatic carbocycles. The van der Waals surface area contributed by atoms with Crippen molar-refractivity contribution in [3.63, 3.8) is 0 Å². The van der Waals surface area contributed by atoms with Gasteiger partial charge in [0.2, 0.25) is 5.91 Å². The summed E-state index contributed by atoms with van der Waals surface area (Å²) in [5, 5.41) is 16.7. The van der Waals surface area contributed by atoms with E-state index in [-0.39, 0.29) is 35.2 Å². The van der Waals surface area contributed by atoms with Crippen molar-refractivity contribution in [1.82, 2.24) is 24.0 Å². The number of benzene rings is 1. The minimum atomic E-state index is -0.388. The second-order valence-corrected chi connectivity index (χ2v) is 14.2. The Kier molecular flexibility index (Phi) is 8.56. The molecule has 4 aromatic rings. The number of amides is 2. The summed E-state index contributed by atoms with van der Waals surface area (Å²) in [6.07, 6.45) is 6.29. The van der Waals surface area contributed by atoms with Gasteiger partial charge in [0.1, 0.15) is 11.5 Å². The molecule has 0 saturated carbocycles. The van der Waals surface area contributed by atoms with Crippen molar-refractivity contribution in [2.24, 2.45) is 12.5 Å². The zero-order valence-electron chi connectivity index (χ0n) is 29.0. The van der Waals surface area contributed by atoms with E-state index in [9.17, 15) is 19.5 Å². The fourth-order valence-corrected chi connectivity index (χ4v) is 7.40. The quantitative estimate of drug-likeness (QED) is 0.239. The van der Waals surface area contributed by atoms with E-state index in [2.05, 4.69) is 57.5 Å². The van der Waals surface area contributed by atoms with E-state index < -0.39 is 0 Å². The molecule has 50 heavy (non-hydrogen) atoms. The number of piperazine rings is 1. The van der Waals surface area contributed by atoms with Gasteiger partial charge >= 0.3 is 0 Å². The molecule has 5 heterocycles. The molecule has 0 spiro atoms. The molecule has 1 saturated heterocycles. The summed E-state index contributed by atoms with van der Waals surface area (Å²) in [4.78, 5) is 55.0. The van der Waals surface area contributed by atoms with Gasteiger partial charge in [0, 0.05) is 81.2 Å². The molecule has 0 radical (unpaired) electrons. The lowest BCUT2D eigenvalue weighted by atomic mass is 9.90. The monoisotopic (exact) mass is 677 g/mol. The predicted molar refractivity (Wildman–Crippen MR) is 194 cm³/mol. The van der Waals surface area contributed by atoms with E-state index in [1.165, 1.54) is 21.9 Å². The zero-order chi connectivity index (χ0) is 35.3. The van der Waals surface area contributed by atoms with Crippen molar-refractivity contribution >= 4 is 40.5 Å². The fourth-order valence-electron chi connectivity index (χ4n) is 7.40. The van der Waals surface area contributed by atoms with Crippen LogP contribution in [0, 0.1) is 5.41 Å². The molecule has 1 fully saturated rings. The molecule has 1 aliphatic carbocycles. The van der Waals surface area contributed by atoms with Crippen LogP contribution in [-0.2, 0) is 37.8 Å². The third-order valence-electron chi connectivity index (χ3n) is 9.97. The Labute approximate surface area is 290 Å². The highest BCUT2D eigenvalue weighted by Crippen LogP contribution is 2.40. The number of aromatic nitrogens is 4. The standard InChI is InChI=1S/C37H43N9O4/c1-6-32(48)40-27-18-24(7-8-29(27)44-13-11-42(4)12-14-44)39-33-36(50)43(5)21-28(41-33)25-9-10-38-34(26(25)22-47)46-16-15-45-30(35(46)49)17-23-19-37(2,3)20-31(23)45/h6-10,17-18,21,47H,1,11-16,19-20,22H2,2-5H3,(H,39,41)(H,40,48). The average molecular weight is 678 g/mol. The van der Waals surface area contributed by atoms with Crippen molar-refractivity contribution in [1.29, 1.82) is 0 Å². The number of aryl methyl sites for hydroxylation is 1. The molecule has 3 aliphatic rings. The lowest BCUT2D eigenvalue weighted by Gasteiger charge is -2.35. The molecule has 13 nitrogen and oxygen atoms in total. The zero-order valence-corrected chi connectivity index (χ0v) is 29.0. The first-order chi connectivity index (χ1) is 24.0. The van der Waals surface area contributed by atoms with Gasteiger partial charge < -0.3 is 34.7 Å². The molecule has 2 aliphatic heterocycles. The normalized spacial score (nSPS) is 17.0. The van der Waals surface area contributed by atoms with Crippen molar-refractivity contribution in [2.75, 3.05) is 60.2 Å². The van der Waals surface area contributed by atoms with Crippen molar-refractivity contribution in [3.05, 3.63) is 88.2 Å². The summed E-state index contributed by atoms with van der Waals surface area (Å²) in [7, 11) is 3.72. The SMILES string of the molecule is C=CC(=O)Nc1cc(Nc2nc(-c3ccnc(N4CCn5c(cc6c5CC(C)(C)C6)C4=O)c3CO)cn(C)c2=O)ccc1N1CCN(C)CC1.